The standard InChI is InChI=1S/C17H20F2N4O5S2/c1-30(27,28)23-17(21-4-5-29-17)16(26)22-13(15(25)14(24)2-3-20)8-10-6-11(18)9-12(19)7-10/h4-7,9,13-15,21,23-25H,2,8H2,1H3,(H,22,26). The molecule has 2 rings (SSSR count). The molecule has 1 heterocycles. The zero-order valence-electron chi connectivity index (χ0n) is 15.7. The Labute approximate surface area is 176 Å². The molecule has 1 aromatic rings. The summed E-state index contributed by atoms with van der Waals surface area (Å²) in [6.07, 6.45) is -1.85. The van der Waals surface area contributed by atoms with E-state index in [-0.39, 0.29) is 12.0 Å². The lowest BCUT2D eigenvalue weighted by atomic mass is 9.96. The number of hydrogen-bond donors (Lipinski definition) is 5. The summed E-state index contributed by atoms with van der Waals surface area (Å²) in [7, 11) is -3.85. The maximum Gasteiger partial charge on any atom is 0.273 e. The molecule has 1 aliphatic rings. The van der Waals surface area contributed by atoms with Crippen molar-refractivity contribution < 1.29 is 32.2 Å². The molecule has 0 saturated heterocycles. The Kier molecular flexibility index (Phi) is 7.78. The van der Waals surface area contributed by atoms with Gasteiger partial charge in [-0.15, -0.1) is 0 Å². The van der Waals surface area contributed by atoms with Crippen LogP contribution in [-0.2, 0) is 21.2 Å². The molecule has 0 radical (unpaired) electrons. The van der Waals surface area contributed by atoms with Gasteiger partial charge in [-0.1, -0.05) is 11.8 Å². The first-order valence-electron chi connectivity index (χ1n) is 8.54. The predicted octanol–water partition coefficient (Wildman–Crippen LogP) is -0.362. The number of halogens is 2. The van der Waals surface area contributed by atoms with E-state index in [0.29, 0.717) is 6.07 Å². The van der Waals surface area contributed by atoms with Crippen molar-refractivity contribution in [3.8, 4) is 6.07 Å². The summed E-state index contributed by atoms with van der Waals surface area (Å²) in [6, 6.07) is 2.99. The van der Waals surface area contributed by atoms with Crippen LogP contribution in [0.2, 0.25) is 0 Å². The van der Waals surface area contributed by atoms with Crippen LogP contribution in [0.5, 0.6) is 0 Å². The van der Waals surface area contributed by atoms with Crippen LogP contribution >= 0.6 is 11.8 Å². The minimum atomic E-state index is -3.85. The maximum atomic E-state index is 13.5. The molecule has 0 saturated carbocycles. The summed E-state index contributed by atoms with van der Waals surface area (Å²) in [5.41, 5.74) is 0.0660. The number of benzene rings is 1. The second-order valence-corrected chi connectivity index (χ2v) is 9.47. The molecule has 1 amide bonds. The Hall–Kier alpha value is -2.24. The Balaban J connectivity index is 2.31. The first kappa shape index (κ1) is 24.0. The van der Waals surface area contributed by atoms with Gasteiger partial charge in [0.2, 0.25) is 15.0 Å². The lowest BCUT2D eigenvalue weighted by Crippen LogP contribution is -2.65. The summed E-state index contributed by atoms with van der Waals surface area (Å²) in [4.78, 5) is 11.0. The highest BCUT2D eigenvalue weighted by Crippen LogP contribution is 2.27. The van der Waals surface area contributed by atoms with E-state index >= 15 is 0 Å². The van der Waals surface area contributed by atoms with E-state index in [0.717, 1.165) is 30.2 Å². The molecule has 164 valence electrons. The van der Waals surface area contributed by atoms with Crippen molar-refractivity contribution in [3.63, 3.8) is 0 Å². The number of aliphatic hydroxyl groups is 2. The van der Waals surface area contributed by atoms with Gasteiger partial charge in [-0.3, -0.25) is 4.79 Å². The highest BCUT2D eigenvalue weighted by Gasteiger charge is 2.44. The van der Waals surface area contributed by atoms with Crippen molar-refractivity contribution in [3.05, 3.63) is 47.0 Å². The van der Waals surface area contributed by atoms with Gasteiger partial charge in [-0.25, -0.2) is 17.2 Å². The van der Waals surface area contributed by atoms with Crippen molar-refractivity contribution in [2.45, 2.75) is 36.1 Å². The molecule has 5 N–H and O–H groups in total. The van der Waals surface area contributed by atoms with Gasteiger partial charge < -0.3 is 20.8 Å². The number of nitrogens with zero attached hydrogens (tertiary/aromatic N) is 1. The molecule has 4 atom stereocenters. The van der Waals surface area contributed by atoms with Crippen molar-refractivity contribution in [2.24, 2.45) is 0 Å². The van der Waals surface area contributed by atoms with E-state index in [1.54, 1.807) is 6.07 Å². The molecule has 30 heavy (non-hydrogen) atoms. The van der Waals surface area contributed by atoms with E-state index in [1.165, 1.54) is 11.6 Å². The van der Waals surface area contributed by atoms with Crippen LogP contribution < -0.4 is 15.4 Å². The Bertz CT molecular complexity index is 939. The first-order chi connectivity index (χ1) is 14.0. The van der Waals surface area contributed by atoms with Gasteiger partial charge in [0, 0.05) is 12.3 Å². The number of nitrogens with one attached hydrogen (secondary N) is 3. The van der Waals surface area contributed by atoms with Gasteiger partial charge in [0.1, 0.15) is 17.7 Å². The molecule has 0 fully saturated rings. The van der Waals surface area contributed by atoms with E-state index in [9.17, 15) is 32.2 Å². The number of rotatable bonds is 9. The van der Waals surface area contributed by atoms with Crippen LogP contribution in [-0.4, -0.2) is 54.0 Å². The summed E-state index contributed by atoms with van der Waals surface area (Å²) < 4.78 is 52.6. The fraction of sp³-hybridized carbons (Fsp3) is 0.412. The number of sulfonamides is 1. The summed E-state index contributed by atoms with van der Waals surface area (Å²) in [5.74, 6) is -2.68. The highest BCUT2D eigenvalue weighted by atomic mass is 32.2. The Morgan fingerprint density at radius 3 is 2.47 bits per heavy atom. The van der Waals surface area contributed by atoms with Gasteiger partial charge in [0.15, 0.2) is 0 Å². The number of thioether (sulfide) groups is 1. The minimum Gasteiger partial charge on any atom is -0.389 e. The smallest absolute Gasteiger partial charge is 0.273 e. The van der Waals surface area contributed by atoms with Crippen molar-refractivity contribution >= 4 is 27.7 Å². The molecule has 9 nitrogen and oxygen atoms in total. The minimum absolute atomic E-state index is 0.0660. The van der Waals surface area contributed by atoms with Crippen LogP contribution in [0, 0.1) is 23.0 Å². The third-order valence-corrected chi connectivity index (χ3v) is 5.89. The molecule has 0 aliphatic carbocycles. The maximum absolute atomic E-state index is 13.5. The zero-order valence-corrected chi connectivity index (χ0v) is 17.3. The topological polar surface area (TPSA) is 152 Å². The highest BCUT2D eigenvalue weighted by molar-refractivity contribution is 8.05. The van der Waals surface area contributed by atoms with E-state index in [4.69, 9.17) is 5.26 Å². The first-order valence-corrected chi connectivity index (χ1v) is 11.3. The molecule has 1 aromatic carbocycles. The lowest BCUT2D eigenvalue weighted by molar-refractivity contribution is -0.126. The fourth-order valence-electron chi connectivity index (χ4n) is 2.79. The van der Waals surface area contributed by atoms with Crippen LogP contribution in [0.1, 0.15) is 12.0 Å². The van der Waals surface area contributed by atoms with E-state index in [2.05, 4.69) is 15.4 Å². The molecule has 4 unspecified atom stereocenters. The van der Waals surface area contributed by atoms with Gasteiger partial charge in [0.25, 0.3) is 5.91 Å². The van der Waals surface area contributed by atoms with Crippen molar-refractivity contribution in [2.75, 3.05) is 6.26 Å². The van der Waals surface area contributed by atoms with Crippen LogP contribution in [0.4, 0.5) is 8.78 Å². The van der Waals surface area contributed by atoms with Crippen LogP contribution in [0.15, 0.2) is 29.8 Å². The Morgan fingerprint density at radius 2 is 1.97 bits per heavy atom. The van der Waals surface area contributed by atoms with Crippen LogP contribution in [0.25, 0.3) is 0 Å². The van der Waals surface area contributed by atoms with Gasteiger partial charge in [-0.05, 0) is 29.5 Å². The van der Waals surface area contributed by atoms with Gasteiger partial charge in [-0.2, -0.15) is 9.98 Å². The lowest BCUT2D eigenvalue weighted by Gasteiger charge is -2.32. The molecule has 0 bridgehead atoms. The number of amides is 1. The molecular weight excluding hydrogens is 442 g/mol. The second-order valence-electron chi connectivity index (χ2n) is 6.60. The second kappa shape index (κ2) is 9.71. The molecule has 0 spiro atoms. The van der Waals surface area contributed by atoms with E-state index in [1.807, 2.05) is 0 Å². The molecule has 13 heteroatoms. The van der Waals surface area contributed by atoms with Crippen LogP contribution in [0.3, 0.4) is 0 Å². The number of carbonyl (C=O) groups excluding carboxylic acids is 1. The normalized spacial score (nSPS) is 21.3. The Morgan fingerprint density at radius 1 is 1.33 bits per heavy atom. The van der Waals surface area contributed by atoms with E-state index < -0.39 is 57.2 Å². The van der Waals surface area contributed by atoms with Gasteiger partial charge >= 0.3 is 0 Å². The number of carbonyl (C=O) groups is 1. The fourth-order valence-corrected chi connectivity index (χ4v) is 4.76. The average molecular weight is 463 g/mol. The largest absolute Gasteiger partial charge is 0.389 e. The summed E-state index contributed by atoms with van der Waals surface area (Å²) in [5, 5.41) is 35.6. The molecule has 1 aliphatic heterocycles. The predicted molar refractivity (Wildman–Crippen MR) is 105 cm³/mol. The number of aliphatic hydroxyl groups excluding tert-OH is 2. The molecule has 0 aromatic heterocycles. The zero-order chi connectivity index (χ0) is 22.5. The SMILES string of the molecule is CS(=O)(=O)NC1(C(=O)NC(Cc2cc(F)cc(F)c2)C(O)C(O)CC#N)NC=CS1. The monoisotopic (exact) mass is 462 g/mol. The quantitative estimate of drug-likeness (QED) is 0.334. The van der Waals surface area contributed by atoms with Gasteiger partial charge in [0.05, 0.1) is 30.9 Å². The average Bonchev–Trinajstić information content (AvgIpc) is 3.07. The third-order valence-electron chi connectivity index (χ3n) is 4.05. The van der Waals surface area contributed by atoms with Crippen molar-refractivity contribution in [1.82, 2.24) is 15.4 Å². The third kappa shape index (κ3) is 6.38. The molecular formula is C17H20F2N4O5S2. The number of hydrogen-bond acceptors (Lipinski definition) is 8. The van der Waals surface area contributed by atoms with Crippen molar-refractivity contribution in [1.29, 1.82) is 5.26 Å². The summed E-state index contributed by atoms with van der Waals surface area (Å²) in [6.45, 7) is 0. The summed E-state index contributed by atoms with van der Waals surface area (Å²) >= 11 is 0.798. The number of nitriles is 1.